The van der Waals surface area contributed by atoms with Gasteiger partial charge in [-0.3, -0.25) is 9.48 Å². The lowest BCUT2D eigenvalue weighted by Gasteiger charge is -2.14. The Bertz CT molecular complexity index is 951. The van der Waals surface area contributed by atoms with Crippen molar-refractivity contribution in [2.45, 2.75) is 60.5 Å². The lowest BCUT2D eigenvalue weighted by atomic mass is 10.1. The van der Waals surface area contributed by atoms with Crippen molar-refractivity contribution in [2.75, 3.05) is 0 Å². The Balaban J connectivity index is 1.90. The molecular weight excluding hydrogens is 348 g/mol. The first-order chi connectivity index (χ1) is 12.3. The molecule has 0 amide bonds. The summed E-state index contributed by atoms with van der Waals surface area (Å²) in [5.74, 6) is 1.62. The molecule has 3 heterocycles. The highest BCUT2D eigenvalue weighted by atomic mass is 32.1. The van der Waals surface area contributed by atoms with Crippen LogP contribution in [0.5, 0.6) is 0 Å². The average Bonchev–Trinajstić information content (AvgIpc) is 3.24. The predicted octanol–water partition coefficient (Wildman–Crippen LogP) is 3.55. The normalized spacial score (nSPS) is 12.5. The molecule has 1 atom stereocenters. The van der Waals surface area contributed by atoms with E-state index in [2.05, 4.69) is 29.0 Å². The van der Waals surface area contributed by atoms with Crippen LogP contribution in [0.4, 0.5) is 0 Å². The third kappa shape index (κ3) is 3.33. The summed E-state index contributed by atoms with van der Waals surface area (Å²) >= 11 is 1.60. The van der Waals surface area contributed by atoms with Crippen LogP contribution in [0, 0.1) is 20.8 Å². The molecule has 3 aromatic rings. The van der Waals surface area contributed by atoms with Gasteiger partial charge in [0, 0.05) is 24.0 Å². The van der Waals surface area contributed by atoms with Crippen molar-refractivity contribution >= 4 is 17.1 Å². The second-order valence-electron chi connectivity index (χ2n) is 6.52. The van der Waals surface area contributed by atoms with Crippen LogP contribution in [0.1, 0.15) is 59.4 Å². The summed E-state index contributed by atoms with van der Waals surface area (Å²) in [6.45, 7) is 12.3. The Kier molecular flexibility index (Phi) is 5.04. The lowest BCUT2D eigenvalue weighted by molar-refractivity contribution is 0.101. The van der Waals surface area contributed by atoms with Crippen molar-refractivity contribution in [2.24, 2.45) is 0 Å². The zero-order chi connectivity index (χ0) is 19.0. The number of thiazole rings is 1. The van der Waals surface area contributed by atoms with E-state index >= 15 is 0 Å². The number of rotatable bonds is 6. The van der Waals surface area contributed by atoms with Gasteiger partial charge in [0.05, 0.1) is 22.3 Å². The van der Waals surface area contributed by atoms with Gasteiger partial charge in [-0.2, -0.15) is 5.10 Å². The first-order valence-corrected chi connectivity index (χ1v) is 9.62. The number of hydrogen-bond donors (Lipinski definition) is 0. The molecule has 8 heteroatoms. The number of aryl methyl sites for hydroxylation is 3. The van der Waals surface area contributed by atoms with Crippen molar-refractivity contribution in [1.29, 1.82) is 0 Å². The Morgan fingerprint density at radius 3 is 2.50 bits per heavy atom. The van der Waals surface area contributed by atoms with E-state index in [1.807, 2.05) is 35.5 Å². The lowest BCUT2D eigenvalue weighted by Crippen LogP contribution is -2.15. The monoisotopic (exact) mass is 372 g/mol. The summed E-state index contributed by atoms with van der Waals surface area (Å²) in [5.41, 5.74) is 3.21. The minimum Gasteiger partial charge on any atom is -0.294 e. The summed E-state index contributed by atoms with van der Waals surface area (Å²) in [6, 6.07) is 0.0707. The Morgan fingerprint density at radius 2 is 1.96 bits per heavy atom. The van der Waals surface area contributed by atoms with Crippen LogP contribution < -0.4 is 0 Å². The fourth-order valence-electron chi connectivity index (χ4n) is 3.31. The molecule has 7 nitrogen and oxygen atoms in total. The number of Topliss-reactive ketones (excluding diaryl/α,β-unsaturated/α-hetero) is 1. The van der Waals surface area contributed by atoms with Crippen LogP contribution in [0.2, 0.25) is 0 Å². The molecule has 0 aliphatic rings. The second kappa shape index (κ2) is 7.11. The van der Waals surface area contributed by atoms with Crippen molar-refractivity contribution < 1.29 is 4.79 Å². The van der Waals surface area contributed by atoms with Crippen LogP contribution in [0.25, 0.3) is 11.5 Å². The molecule has 26 heavy (non-hydrogen) atoms. The van der Waals surface area contributed by atoms with Gasteiger partial charge in [-0.05, 0) is 41.5 Å². The van der Waals surface area contributed by atoms with Crippen molar-refractivity contribution in [3.8, 4) is 11.5 Å². The van der Waals surface area contributed by atoms with E-state index in [4.69, 9.17) is 4.98 Å². The van der Waals surface area contributed by atoms with Gasteiger partial charge >= 0.3 is 0 Å². The van der Waals surface area contributed by atoms with Crippen LogP contribution in [0.15, 0.2) is 5.38 Å². The summed E-state index contributed by atoms with van der Waals surface area (Å²) < 4.78 is 3.84. The van der Waals surface area contributed by atoms with Gasteiger partial charge in [-0.15, -0.1) is 16.4 Å². The third-order valence-electron chi connectivity index (χ3n) is 4.47. The number of carbonyl (C=O) groups excluding carboxylic acids is 1. The van der Waals surface area contributed by atoms with Gasteiger partial charge in [-0.1, -0.05) is 0 Å². The Labute approximate surface area is 157 Å². The van der Waals surface area contributed by atoms with E-state index in [9.17, 15) is 4.79 Å². The van der Waals surface area contributed by atoms with E-state index in [0.717, 1.165) is 34.5 Å². The molecule has 0 saturated carbocycles. The van der Waals surface area contributed by atoms with Gasteiger partial charge < -0.3 is 0 Å². The highest BCUT2D eigenvalue weighted by Gasteiger charge is 2.21. The quantitative estimate of drug-likeness (QED) is 0.618. The fourth-order valence-corrected chi connectivity index (χ4v) is 3.90. The largest absolute Gasteiger partial charge is 0.294 e. The number of aromatic nitrogens is 6. The van der Waals surface area contributed by atoms with Gasteiger partial charge in [0.2, 0.25) is 5.82 Å². The zero-order valence-corrected chi connectivity index (χ0v) is 16.9. The van der Waals surface area contributed by atoms with Crippen molar-refractivity contribution in [1.82, 2.24) is 29.5 Å². The summed E-state index contributed by atoms with van der Waals surface area (Å²) in [5, 5.41) is 12.2. The van der Waals surface area contributed by atoms with Gasteiger partial charge in [0.25, 0.3) is 0 Å². The Hall–Kier alpha value is -2.35. The summed E-state index contributed by atoms with van der Waals surface area (Å²) in [6.07, 6.45) is 0.684. The predicted molar refractivity (Wildman–Crippen MR) is 102 cm³/mol. The minimum atomic E-state index is 0.0522. The van der Waals surface area contributed by atoms with Crippen LogP contribution in [-0.2, 0) is 13.0 Å². The van der Waals surface area contributed by atoms with E-state index in [1.165, 1.54) is 0 Å². The number of carbonyl (C=O) groups is 1. The molecule has 0 saturated heterocycles. The molecule has 138 valence electrons. The van der Waals surface area contributed by atoms with Crippen LogP contribution >= 0.6 is 11.3 Å². The smallest absolute Gasteiger partial charge is 0.200 e. The highest BCUT2D eigenvalue weighted by molar-refractivity contribution is 7.09. The van der Waals surface area contributed by atoms with Crippen molar-refractivity contribution in [3.63, 3.8) is 0 Å². The van der Waals surface area contributed by atoms with Crippen LogP contribution in [0.3, 0.4) is 0 Å². The first-order valence-electron chi connectivity index (χ1n) is 8.74. The third-order valence-corrected chi connectivity index (χ3v) is 5.24. The maximum atomic E-state index is 11.9. The number of ketones is 1. The minimum absolute atomic E-state index is 0.0522. The molecule has 3 rings (SSSR count). The van der Waals surface area contributed by atoms with Crippen LogP contribution in [-0.4, -0.2) is 35.3 Å². The average molecular weight is 372 g/mol. The Morgan fingerprint density at radius 1 is 1.23 bits per heavy atom. The molecule has 0 spiro atoms. The zero-order valence-electron chi connectivity index (χ0n) is 16.1. The van der Waals surface area contributed by atoms with Gasteiger partial charge in [0.1, 0.15) is 11.5 Å². The van der Waals surface area contributed by atoms with Gasteiger partial charge in [-0.25, -0.2) is 14.6 Å². The molecule has 0 aliphatic heterocycles. The molecule has 0 radical (unpaired) electrons. The van der Waals surface area contributed by atoms with E-state index in [-0.39, 0.29) is 11.8 Å². The van der Waals surface area contributed by atoms with E-state index in [0.29, 0.717) is 17.8 Å². The summed E-state index contributed by atoms with van der Waals surface area (Å²) in [7, 11) is 0. The standard InChI is InChI=1S/C18H24N6OS/c1-7-23-16(20-18(22-23)15-9-26-14(6)19-15)8-10(2)24-12(4)17(13(5)25)11(3)21-24/h9-10H,7-8H2,1-6H3/t10-/m0/s1. The molecule has 0 bridgehead atoms. The fraction of sp³-hybridized carbons (Fsp3) is 0.500. The van der Waals surface area contributed by atoms with E-state index < -0.39 is 0 Å². The maximum absolute atomic E-state index is 11.9. The molecule has 0 unspecified atom stereocenters. The van der Waals surface area contributed by atoms with Gasteiger partial charge in [0.15, 0.2) is 5.78 Å². The molecule has 0 aromatic carbocycles. The molecule has 0 N–H and O–H groups in total. The van der Waals surface area contributed by atoms with Crippen molar-refractivity contribution in [3.05, 3.63) is 33.2 Å². The summed E-state index contributed by atoms with van der Waals surface area (Å²) in [4.78, 5) is 21.1. The topological polar surface area (TPSA) is 78.5 Å². The maximum Gasteiger partial charge on any atom is 0.200 e. The molecule has 0 aliphatic carbocycles. The highest BCUT2D eigenvalue weighted by Crippen LogP contribution is 2.23. The first kappa shape index (κ1) is 18.4. The molecule has 0 fully saturated rings. The van der Waals surface area contributed by atoms with E-state index in [1.54, 1.807) is 18.3 Å². The SMILES string of the molecule is CCn1nc(-c2csc(C)n2)nc1C[C@H](C)n1nc(C)c(C(C)=O)c1C. The second-order valence-corrected chi connectivity index (χ2v) is 7.58. The number of nitrogens with zero attached hydrogens (tertiary/aromatic N) is 6. The molecule has 3 aromatic heterocycles. The molecular formula is C18H24N6OS. The number of hydrogen-bond acceptors (Lipinski definition) is 6.